The Hall–Kier alpha value is -2.30. The largest absolute Gasteiger partial charge is 0.383 e. The molecule has 1 aromatic heterocycles. The molecule has 0 bridgehead atoms. The van der Waals surface area contributed by atoms with Crippen molar-refractivity contribution >= 4 is 40.1 Å². The number of fused-ring (bicyclic) bond motifs is 1. The molecule has 1 aliphatic heterocycles. The Morgan fingerprint density at radius 3 is 2.74 bits per heavy atom. The van der Waals surface area contributed by atoms with Gasteiger partial charge in [0.15, 0.2) is 5.17 Å². The Balaban J connectivity index is 1.70. The van der Waals surface area contributed by atoms with Crippen LogP contribution >= 0.6 is 23.4 Å². The maximum Gasteiger partial charge on any atom is 0.274 e. The predicted molar refractivity (Wildman–Crippen MR) is 113 cm³/mol. The van der Waals surface area contributed by atoms with Gasteiger partial charge in [-0.15, -0.1) is 0 Å². The van der Waals surface area contributed by atoms with Crippen molar-refractivity contribution in [1.29, 1.82) is 0 Å². The highest BCUT2D eigenvalue weighted by atomic mass is 35.5. The summed E-state index contributed by atoms with van der Waals surface area (Å²) in [7, 11) is 1.32. The molecule has 0 spiro atoms. The third kappa shape index (κ3) is 3.37. The molecule has 1 amide bonds. The number of halogens is 4. The van der Waals surface area contributed by atoms with E-state index in [-0.39, 0.29) is 28.7 Å². The molecule has 0 saturated heterocycles. The van der Waals surface area contributed by atoms with Gasteiger partial charge in [-0.1, -0.05) is 23.4 Å². The summed E-state index contributed by atoms with van der Waals surface area (Å²) in [5.74, 6) is -5.80. The van der Waals surface area contributed by atoms with Crippen LogP contribution in [0.5, 0.6) is 0 Å². The molecule has 6 nitrogen and oxygen atoms in total. The van der Waals surface area contributed by atoms with Crippen molar-refractivity contribution in [1.82, 2.24) is 4.98 Å². The number of amides is 1. The van der Waals surface area contributed by atoms with Gasteiger partial charge < -0.3 is 15.8 Å². The van der Waals surface area contributed by atoms with E-state index in [1.54, 1.807) is 0 Å². The van der Waals surface area contributed by atoms with Gasteiger partial charge in [-0.2, -0.15) is 0 Å². The Morgan fingerprint density at radius 1 is 1.35 bits per heavy atom. The summed E-state index contributed by atoms with van der Waals surface area (Å²) in [5.41, 5.74) is 4.41. The van der Waals surface area contributed by atoms with E-state index in [2.05, 4.69) is 15.3 Å². The van der Waals surface area contributed by atoms with Crippen LogP contribution < -0.4 is 11.1 Å². The van der Waals surface area contributed by atoms with Gasteiger partial charge in [-0.25, -0.2) is 18.2 Å². The molecular formula is C20H18ClF3N4O2S. The molecule has 1 saturated carbocycles. The monoisotopic (exact) mass is 470 g/mol. The number of aromatic nitrogens is 1. The van der Waals surface area contributed by atoms with Gasteiger partial charge in [0.2, 0.25) is 0 Å². The lowest BCUT2D eigenvalue weighted by atomic mass is 9.85. The van der Waals surface area contributed by atoms with Crippen molar-refractivity contribution < 1.29 is 22.7 Å². The number of thioether (sulfide) groups is 1. The van der Waals surface area contributed by atoms with Gasteiger partial charge in [0.1, 0.15) is 16.3 Å². The van der Waals surface area contributed by atoms with Gasteiger partial charge in [0, 0.05) is 24.6 Å². The third-order valence-electron chi connectivity index (χ3n) is 5.59. The number of amidine groups is 1. The van der Waals surface area contributed by atoms with Crippen molar-refractivity contribution in [2.75, 3.05) is 19.0 Å². The SMILES string of the molecule is COC[C@@]12SC(N)=N[C@](C)(c3cc(NC(=O)c4ccc(Cl)cn4)ccc3F)[C@@H]1C2(F)F. The second-order valence-electron chi connectivity index (χ2n) is 7.59. The predicted octanol–water partition coefficient (Wildman–Crippen LogP) is 4.05. The Kier molecular flexibility index (Phi) is 5.22. The van der Waals surface area contributed by atoms with E-state index in [9.17, 15) is 18.0 Å². The van der Waals surface area contributed by atoms with E-state index in [0.717, 1.165) is 17.8 Å². The number of rotatable bonds is 5. The third-order valence-corrected chi connectivity index (χ3v) is 7.10. The normalized spacial score (nSPS) is 28.5. The molecule has 2 aromatic rings. The number of methoxy groups -OCH3 is 1. The number of nitrogens with one attached hydrogen (secondary N) is 1. The summed E-state index contributed by atoms with van der Waals surface area (Å²) in [4.78, 5) is 20.6. The van der Waals surface area contributed by atoms with E-state index in [1.165, 1.54) is 44.5 Å². The number of alkyl halides is 2. The van der Waals surface area contributed by atoms with E-state index in [1.807, 2.05) is 0 Å². The standard InChI is InChI=1S/C20H18ClF3N4O2S/c1-18(16-19(9-30-2,20(16,23)24)31-17(25)28-18)12-7-11(4-5-13(12)22)27-15(29)14-6-3-10(21)8-26-14/h3-8,16H,9H2,1-2H3,(H2,25,28)(H,27,29)/t16-,18+,19+/m0/s1. The lowest BCUT2D eigenvalue weighted by molar-refractivity contribution is 0.0636. The number of hydrogen-bond donors (Lipinski definition) is 2. The fourth-order valence-corrected chi connectivity index (χ4v) is 5.79. The molecule has 2 heterocycles. The zero-order valence-corrected chi connectivity index (χ0v) is 18.0. The Morgan fingerprint density at radius 2 is 2.10 bits per heavy atom. The summed E-state index contributed by atoms with van der Waals surface area (Å²) in [6, 6.07) is 6.65. The molecule has 2 aliphatic rings. The van der Waals surface area contributed by atoms with Crippen LogP contribution in [0.2, 0.25) is 5.02 Å². The number of anilines is 1. The number of benzene rings is 1. The molecule has 1 aromatic carbocycles. The number of nitrogens with two attached hydrogens (primary N) is 1. The molecule has 0 unspecified atom stereocenters. The van der Waals surface area contributed by atoms with Crippen molar-refractivity contribution in [3.05, 3.63) is 58.6 Å². The van der Waals surface area contributed by atoms with Crippen LogP contribution in [0.4, 0.5) is 18.9 Å². The zero-order chi connectivity index (χ0) is 22.6. The summed E-state index contributed by atoms with van der Waals surface area (Å²) >= 11 is 6.52. The molecule has 1 fully saturated rings. The average molecular weight is 471 g/mol. The van der Waals surface area contributed by atoms with Gasteiger partial charge in [-0.05, 0) is 37.3 Å². The van der Waals surface area contributed by atoms with Crippen LogP contribution in [-0.4, -0.2) is 40.4 Å². The maximum atomic E-state index is 15.0. The van der Waals surface area contributed by atoms with E-state index >= 15 is 0 Å². The van der Waals surface area contributed by atoms with Crippen molar-refractivity contribution in [2.24, 2.45) is 16.6 Å². The van der Waals surface area contributed by atoms with Gasteiger partial charge >= 0.3 is 0 Å². The smallest absolute Gasteiger partial charge is 0.274 e. The van der Waals surface area contributed by atoms with Crippen molar-refractivity contribution in [3.8, 4) is 0 Å². The molecular weight excluding hydrogens is 453 g/mol. The Labute approximate surface area is 185 Å². The maximum absolute atomic E-state index is 15.0. The first-order valence-electron chi connectivity index (χ1n) is 9.19. The second kappa shape index (κ2) is 7.39. The van der Waals surface area contributed by atoms with Crippen LogP contribution in [-0.2, 0) is 10.3 Å². The number of carbonyl (C=O) groups excluding carboxylic acids is 1. The minimum Gasteiger partial charge on any atom is -0.383 e. The Bertz CT molecular complexity index is 1080. The van der Waals surface area contributed by atoms with Crippen LogP contribution in [0, 0.1) is 11.7 Å². The minimum absolute atomic E-state index is 0.0767. The van der Waals surface area contributed by atoms with Crippen molar-refractivity contribution in [3.63, 3.8) is 0 Å². The summed E-state index contributed by atoms with van der Waals surface area (Å²) in [6.45, 7) is 1.15. The minimum atomic E-state index is -3.17. The van der Waals surface area contributed by atoms with Crippen LogP contribution in [0.3, 0.4) is 0 Å². The number of nitrogens with zero attached hydrogens (tertiary/aromatic N) is 2. The highest BCUT2D eigenvalue weighted by molar-refractivity contribution is 8.15. The number of hydrogen-bond acceptors (Lipinski definition) is 6. The molecule has 3 N–H and O–H groups in total. The highest BCUT2D eigenvalue weighted by Crippen LogP contribution is 2.74. The van der Waals surface area contributed by atoms with E-state index < -0.39 is 33.9 Å². The molecule has 0 radical (unpaired) electrons. The fourth-order valence-electron chi connectivity index (χ4n) is 4.21. The molecule has 11 heteroatoms. The number of aliphatic imine (C=N–C) groups is 1. The highest BCUT2D eigenvalue weighted by Gasteiger charge is 2.87. The number of carbonyl (C=O) groups is 1. The number of ether oxygens (including phenoxy) is 1. The van der Waals surface area contributed by atoms with Crippen LogP contribution in [0.25, 0.3) is 0 Å². The van der Waals surface area contributed by atoms with Gasteiger partial charge in [0.05, 0.1) is 23.1 Å². The first kappa shape index (κ1) is 21.9. The van der Waals surface area contributed by atoms with Crippen LogP contribution in [0.15, 0.2) is 41.5 Å². The molecule has 164 valence electrons. The van der Waals surface area contributed by atoms with Gasteiger partial charge in [0.25, 0.3) is 11.8 Å². The molecule has 1 aliphatic carbocycles. The van der Waals surface area contributed by atoms with Gasteiger partial charge in [-0.3, -0.25) is 9.79 Å². The molecule has 4 rings (SSSR count). The summed E-state index contributed by atoms with van der Waals surface area (Å²) in [6.07, 6.45) is 1.31. The van der Waals surface area contributed by atoms with Crippen molar-refractivity contribution in [2.45, 2.75) is 23.1 Å². The van der Waals surface area contributed by atoms with E-state index in [0.29, 0.717) is 5.02 Å². The quantitative estimate of drug-likeness (QED) is 0.688. The zero-order valence-electron chi connectivity index (χ0n) is 16.5. The second-order valence-corrected chi connectivity index (χ2v) is 9.38. The lowest BCUT2D eigenvalue weighted by Crippen LogP contribution is -2.37. The first-order valence-corrected chi connectivity index (χ1v) is 10.4. The summed E-state index contributed by atoms with van der Waals surface area (Å²) < 4.78 is 48.2. The first-order chi connectivity index (χ1) is 14.5. The molecule has 3 atom stereocenters. The topological polar surface area (TPSA) is 89.6 Å². The molecule has 31 heavy (non-hydrogen) atoms. The average Bonchev–Trinajstić information content (AvgIpc) is 3.18. The summed E-state index contributed by atoms with van der Waals surface area (Å²) in [5, 5.41) is 2.88. The lowest BCUT2D eigenvalue weighted by Gasteiger charge is -2.32. The van der Waals surface area contributed by atoms with Crippen LogP contribution in [0.1, 0.15) is 23.0 Å². The fraction of sp³-hybridized carbons (Fsp3) is 0.350. The number of pyridine rings is 1. The van der Waals surface area contributed by atoms with E-state index in [4.69, 9.17) is 22.1 Å².